The molecule has 0 aromatic rings. The van der Waals surface area contributed by atoms with Gasteiger partial charge in [-0.1, -0.05) is 5.16 Å². The van der Waals surface area contributed by atoms with Crippen molar-refractivity contribution in [1.29, 1.82) is 0 Å². The predicted octanol–water partition coefficient (Wildman–Crippen LogP) is 2.47. The van der Waals surface area contributed by atoms with Crippen molar-refractivity contribution in [3.05, 3.63) is 0 Å². The zero-order chi connectivity index (χ0) is 15.3. The van der Waals surface area contributed by atoms with Crippen LogP contribution in [-0.2, 0) is 0 Å². The van der Waals surface area contributed by atoms with Gasteiger partial charge in [-0.15, -0.1) is 0 Å². The minimum Gasteiger partial charge on any atom is -0.409 e. The first-order valence-electron chi connectivity index (χ1n) is 7.60. The molecule has 120 valence electrons. The zero-order valence-electron chi connectivity index (χ0n) is 11.9. The quantitative estimate of drug-likeness (QED) is 0.323. The maximum atomic E-state index is 13.0. The van der Waals surface area contributed by atoms with Crippen molar-refractivity contribution < 1.29 is 18.4 Å². The van der Waals surface area contributed by atoms with E-state index in [2.05, 4.69) is 10.5 Å². The highest BCUT2D eigenvalue weighted by molar-refractivity contribution is 5.83. The molecule has 0 spiro atoms. The van der Waals surface area contributed by atoms with Gasteiger partial charge in [0.25, 0.3) is 0 Å². The second-order valence-electron chi connectivity index (χ2n) is 7.20. The van der Waals surface area contributed by atoms with Crippen molar-refractivity contribution in [2.24, 2.45) is 34.6 Å². The van der Waals surface area contributed by atoms with E-state index in [-0.39, 0.29) is 12.1 Å². The normalized spacial score (nSPS) is 40.5. The lowest BCUT2D eigenvalue weighted by atomic mass is 9.53. The molecule has 0 aliphatic heterocycles. The van der Waals surface area contributed by atoms with Crippen LogP contribution in [0.25, 0.3) is 0 Å². The van der Waals surface area contributed by atoms with E-state index in [1.807, 2.05) is 0 Å². The highest BCUT2D eigenvalue weighted by Crippen LogP contribution is 2.55. The smallest absolute Gasteiger partial charge is 0.400 e. The van der Waals surface area contributed by atoms with Crippen molar-refractivity contribution in [3.63, 3.8) is 0 Å². The van der Waals surface area contributed by atoms with Crippen molar-refractivity contribution in [1.82, 2.24) is 5.32 Å². The number of nitrogens with zero attached hydrogens (tertiary/aromatic N) is 1. The molecule has 0 aromatic carbocycles. The lowest BCUT2D eigenvalue weighted by Gasteiger charge is -2.57. The summed E-state index contributed by atoms with van der Waals surface area (Å²) in [6.45, 7) is -0.300. The van der Waals surface area contributed by atoms with Crippen molar-refractivity contribution >= 4 is 5.84 Å². The fourth-order valence-corrected chi connectivity index (χ4v) is 5.10. The molecular weight excluding hydrogens is 283 g/mol. The second kappa shape index (κ2) is 5.04. The summed E-state index contributed by atoms with van der Waals surface area (Å²) in [5.74, 6) is -0.693. The molecule has 0 radical (unpaired) electrons. The molecule has 21 heavy (non-hydrogen) atoms. The van der Waals surface area contributed by atoms with Crippen LogP contribution in [0.5, 0.6) is 0 Å². The molecule has 0 amide bonds. The van der Waals surface area contributed by atoms with E-state index in [1.54, 1.807) is 0 Å². The zero-order valence-corrected chi connectivity index (χ0v) is 11.9. The van der Waals surface area contributed by atoms with Gasteiger partial charge in [0.15, 0.2) is 5.84 Å². The Morgan fingerprint density at radius 1 is 1.19 bits per heavy atom. The van der Waals surface area contributed by atoms with Crippen LogP contribution in [0.4, 0.5) is 13.2 Å². The number of rotatable bonds is 4. The molecule has 4 aliphatic carbocycles. The summed E-state index contributed by atoms with van der Waals surface area (Å²) in [6.07, 6.45) is 2.14. The van der Waals surface area contributed by atoms with Crippen LogP contribution in [0.1, 0.15) is 38.5 Å². The molecule has 4 saturated carbocycles. The Kier molecular flexibility index (Phi) is 3.58. The van der Waals surface area contributed by atoms with Gasteiger partial charge in [-0.2, -0.15) is 13.2 Å². The Bertz CT molecular complexity index is 400. The third-order valence-electron chi connectivity index (χ3n) is 5.59. The molecule has 0 aromatic heterocycles. The fourth-order valence-electron chi connectivity index (χ4n) is 5.10. The van der Waals surface area contributed by atoms with Gasteiger partial charge < -0.3 is 16.3 Å². The predicted molar refractivity (Wildman–Crippen MR) is 71.9 cm³/mol. The van der Waals surface area contributed by atoms with Gasteiger partial charge in [-0.25, -0.2) is 0 Å². The molecule has 1 unspecified atom stereocenters. The SMILES string of the molecule is NC(=NO)C(CNC12CC3CC(CC(C3)C1)C2)C(F)(F)F. The molecule has 4 aliphatic rings. The summed E-state index contributed by atoms with van der Waals surface area (Å²) in [5.41, 5.74) is 5.06. The standard InChI is InChI=1S/C14H22F3N3O/c15-14(16,17)11(12(18)20-21)7-19-13-4-8-1-9(5-13)3-10(2-8)6-13/h8-11,19,21H,1-7H2,(H2,18,20). The summed E-state index contributed by atoms with van der Waals surface area (Å²) in [5, 5.41) is 14.3. The number of nitrogens with two attached hydrogens (primary N) is 1. The number of halogens is 3. The van der Waals surface area contributed by atoms with E-state index in [0.717, 1.165) is 19.3 Å². The van der Waals surface area contributed by atoms with E-state index >= 15 is 0 Å². The summed E-state index contributed by atoms with van der Waals surface area (Å²) in [6, 6.07) is 0. The van der Waals surface area contributed by atoms with Crippen LogP contribution < -0.4 is 11.1 Å². The van der Waals surface area contributed by atoms with Crippen LogP contribution in [0, 0.1) is 23.7 Å². The first-order chi connectivity index (χ1) is 9.81. The molecule has 0 saturated heterocycles. The van der Waals surface area contributed by atoms with Gasteiger partial charge in [0.1, 0.15) is 5.92 Å². The average Bonchev–Trinajstić information content (AvgIpc) is 2.35. The summed E-state index contributed by atoms with van der Waals surface area (Å²) in [4.78, 5) is 0. The lowest BCUT2D eigenvalue weighted by Crippen LogP contribution is -2.60. The molecular formula is C14H22F3N3O. The van der Waals surface area contributed by atoms with Crippen LogP contribution >= 0.6 is 0 Å². The molecule has 4 nitrogen and oxygen atoms in total. The Hall–Kier alpha value is -0.980. The largest absolute Gasteiger partial charge is 0.409 e. The Balaban J connectivity index is 1.69. The monoisotopic (exact) mass is 305 g/mol. The summed E-state index contributed by atoms with van der Waals surface area (Å²) in [7, 11) is 0. The minimum absolute atomic E-state index is 0.159. The lowest BCUT2D eigenvalue weighted by molar-refractivity contribution is -0.157. The number of nitrogens with one attached hydrogen (secondary N) is 1. The molecule has 4 bridgehead atoms. The van der Waals surface area contributed by atoms with Crippen molar-refractivity contribution in [2.45, 2.75) is 50.2 Å². The highest BCUT2D eigenvalue weighted by atomic mass is 19.4. The second-order valence-corrected chi connectivity index (χ2v) is 7.20. The summed E-state index contributed by atoms with van der Waals surface area (Å²) >= 11 is 0. The molecule has 7 heteroatoms. The highest BCUT2D eigenvalue weighted by Gasteiger charge is 2.52. The fraction of sp³-hybridized carbons (Fsp3) is 0.929. The van der Waals surface area contributed by atoms with E-state index in [1.165, 1.54) is 19.3 Å². The maximum absolute atomic E-state index is 13.0. The van der Waals surface area contributed by atoms with Crippen molar-refractivity contribution in [3.8, 4) is 0 Å². The number of alkyl halides is 3. The molecule has 0 heterocycles. The topological polar surface area (TPSA) is 70.6 Å². The molecule has 1 atom stereocenters. The number of hydrogen-bond acceptors (Lipinski definition) is 3. The first-order valence-corrected chi connectivity index (χ1v) is 7.60. The Labute approximate surface area is 121 Å². The molecule has 4 rings (SSSR count). The molecule has 4 fully saturated rings. The third kappa shape index (κ3) is 2.84. The van der Waals surface area contributed by atoms with Crippen molar-refractivity contribution in [2.75, 3.05) is 6.54 Å². The summed E-state index contributed by atoms with van der Waals surface area (Å²) < 4.78 is 39.0. The maximum Gasteiger partial charge on any atom is 0.400 e. The van der Waals surface area contributed by atoms with Gasteiger partial charge >= 0.3 is 6.18 Å². The van der Waals surface area contributed by atoms with Crippen LogP contribution in [0.3, 0.4) is 0 Å². The van der Waals surface area contributed by atoms with E-state index in [0.29, 0.717) is 17.8 Å². The van der Waals surface area contributed by atoms with E-state index < -0.39 is 17.9 Å². The number of hydrogen-bond donors (Lipinski definition) is 3. The molecule has 4 N–H and O–H groups in total. The van der Waals surface area contributed by atoms with Gasteiger partial charge in [0.2, 0.25) is 0 Å². The number of oxime groups is 1. The third-order valence-corrected chi connectivity index (χ3v) is 5.59. The van der Waals surface area contributed by atoms with Gasteiger partial charge in [-0.3, -0.25) is 0 Å². The van der Waals surface area contributed by atoms with Gasteiger partial charge in [0.05, 0.1) is 0 Å². The van der Waals surface area contributed by atoms with E-state index in [9.17, 15) is 13.2 Å². The average molecular weight is 305 g/mol. The van der Waals surface area contributed by atoms with Crippen LogP contribution in [0.15, 0.2) is 5.16 Å². The van der Waals surface area contributed by atoms with Crippen LogP contribution in [0.2, 0.25) is 0 Å². The number of amidine groups is 1. The van der Waals surface area contributed by atoms with E-state index in [4.69, 9.17) is 10.9 Å². The van der Waals surface area contributed by atoms with Gasteiger partial charge in [-0.05, 0) is 56.3 Å². The minimum atomic E-state index is -4.49. The Morgan fingerprint density at radius 3 is 2.05 bits per heavy atom. The first kappa shape index (κ1) is 14.9. The van der Waals surface area contributed by atoms with Gasteiger partial charge in [0, 0.05) is 12.1 Å². The Morgan fingerprint density at radius 2 is 1.67 bits per heavy atom. The van der Waals surface area contributed by atoms with Crippen LogP contribution in [-0.4, -0.2) is 29.3 Å².